The topological polar surface area (TPSA) is 61.6 Å². The lowest BCUT2D eigenvalue weighted by Gasteiger charge is -2.18. The Hall–Kier alpha value is -3.08. The number of non-ortho nitro benzene ring substituents is 1. The molecule has 1 atom stereocenters. The van der Waals surface area contributed by atoms with E-state index in [4.69, 9.17) is 9.47 Å². The van der Waals surface area contributed by atoms with Gasteiger partial charge in [0.1, 0.15) is 17.6 Å². The van der Waals surface area contributed by atoms with Gasteiger partial charge in [0.15, 0.2) is 0 Å². The summed E-state index contributed by atoms with van der Waals surface area (Å²) < 4.78 is 10.9. The van der Waals surface area contributed by atoms with Crippen molar-refractivity contribution in [1.29, 1.82) is 0 Å². The van der Waals surface area contributed by atoms with Gasteiger partial charge in [0.05, 0.1) is 12.0 Å². The van der Waals surface area contributed by atoms with Gasteiger partial charge in [0.2, 0.25) is 0 Å². The maximum Gasteiger partial charge on any atom is 0.270 e. The minimum absolute atomic E-state index is 0.0595. The molecule has 1 heterocycles. The second-order valence-electron chi connectivity index (χ2n) is 5.05. The van der Waals surface area contributed by atoms with E-state index in [9.17, 15) is 10.1 Å². The average Bonchev–Trinajstić information content (AvgIpc) is 2.59. The molecular formula is C18H15NO4. The summed E-state index contributed by atoms with van der Waals surface area (Å²) in [6.45, 7) is 0. The van der Waals surface area contributed by atoms with Crippen LogP contribution in [-0.4, -0.2) is 18.1 Å². The van der Waals surface area contributed by atoms with E-state index in [1.54, 1.807) is 13.2 Å². The molecule has 1 aliphatic rings. The first-order valence-corrected chi connectivity index (χ1v) is 7.11. The molecule has 3 rings (SSSR count). The van der Waals surface area contributed by atoms with E-state index in [1.165, 1.54) is 12.1 Å². The molecule has 0 aliphatic carbocycles. The molecule has 0 fully saturated rings. The fraction of sp³-hybridized carbons (Fsp3) is 0.111. The van der Waals surface area contributed by atoms with Gasteiger partial charge in [0, 0.05) is 17.7 Å². The van der Waals surface area contributed by atoms with Crippen LogP contribution in [0.2, 0.25) is 0 Å². The molecule has 0 unspecified atom stereocenters. The number of methoxy groups -OCH3 is 1. The van der Waals surface area contributed by atoms with E-state index in [1.807, 2.05) is 48.6 Å². The van der Waals surface area contributed by atoms with E-state index >= 15 is 0 Å². The number of rotatable bonds is 4. The van der Waals surface area contributed by atoms with Gasteiger partial charge in [-0.3, -0.25) is 10.1 Å². The third-order valence-electron chi connectivity index (χ3n) is 3.53. The van der Waals surface area contributed by atoms with E-state index in [-0.39, 0.29) is 11.8 Å². The third-order valence-corrected chi connectivity index (χ3v) is 3.53. The maximum atomic E-state index is 10.8. The molecule has 0 saturated heterocycles. The van der Waals surface area contributed by atoms with E-state index in [2.05, 4.69) is 0 Å². The Balaban J connectivity index is 1.72. The molecule has 1 aliphatic heterocycles. The number of ether oxygens (including phenoxy) is 2. The molecule has 0 saturated carbocycles. The highest BCUT2D eigenvalue weighted by molar-refractivity contribution is 5.64. The zero-order chi connectivity index (χ0) is 16.2. The highest BCUT2D eigenvalue weighted by Crippen LogP contribution is 2.30. The molecule has 5 nitrogen and oxygen atoms in total. The first-order valence-electron chi connectivity index (χ1n) is 7.11. The van der Waals surface area contributed by atoms with E-state index in [0.717, 1.165) is 11.3 Å². The Bertz CT molecular complexity index is 778. The number of benzene rings is 2. The molecule has 0 spiro atoms. The normalized spacial score (nSPS) is 16.0. The number of nitro groups is 1. The monoisotopic (exact) mass is 309 g/mol. The van der Waals surface area contributed by atoms with Crippen molar-refractivity contribution in [3.05, 3.63) is 75.9 Å². The second-order valence-corrected chi connectivity index (χ2v) is 5.05. The Morgan fingerprint density at radius 2 is 2.00 bits per heavy atom. The van der Waals surface area contributed by atoms with Crippen LogP contribution < -0.4 is 9.47 Å². The summed E-state index contributed by atoms with van der Waals surface area (Å²) in [5.41, 5.74) is 1.81. The fourth-order valence-corrected chi connectivity index (χ4v) is 2.30. The van der Waals surface area contributed by atoms with Gasteiger partial charge in [0.25, 0.3) is 5.69 Å². The number of nitro benzene ring substituents is 1. The molecule has 2 aromatic rings. The highest BCUT2D eigenvalue weighted by atomic mass is 16.6. The second kappa shape index (κ2) is 6.36. The molecule has 116 valence electrons. The van der Waals surface area contributed by atoms with Crippen LogP contribution in [0.5, 0.6) is 11.5 Å². The zero-order valence-electron chi connectivity index (χ0n) is 12.5. The van der Waals surface area contributed by atoms with Crippen LogP contribution in [0.1, 0.15) is 11.1 Å². The Kier molecular flexibility index (Phi) is 4.10. The SMILES string of the molecule is COc1ccc(/C=C/[C@H]2C=Cc3cc([N+](=O)[O-])ccc3O2)cc1. The van der Waals surface area contributed by atoms with Gasteiger partial charge >= 0.3 is 0 Å². The van der Waals surface area contributed by atoms with Gasteiger partial charge in [-0.15, -0.1) is 0 Å². The van der Waals surface area contributed by atoms with Crippen LogP contribution in [0.4, 0.5) is 5.69 Å². The molecular weight excluding hydrogens is 294 g/mol. The maximum absolute atomic E-state index is 10.8. The minimum atomic E-state index is -0.413. The summed E-state index contributed by atoms with van der Waals surface area (Å²) in [5.74, 6) is 1.45. The minimum Gasteiger partial charge on any atom is -0.497 e. The van der Waals surface area contributed by atoms with Crippen molar-refractivity contribution in [3.63, 3.8) is 0 Å². The predicted molar refractivity (Wildman–Crippen MR) is 88.6 cm³/mol. The molecule has 0 aromatic heterocycles. The molecule has 5 heteroatoms. The van der Waals surface area contributed by atoms with Crippen LogP contribution in [0.3, 0.4) is 0 Å². The lowest BCUT2D eigenvalue weighted by molar-refractivity contribution is -0.384. The molecule has 0 amide bonds. The Morgan fingerprint density at radius 1 is 1.22 bits per heavy atom. The van der Waals surface area contributed by atoms with Crippen LogP contribution in [0, 0.1) is 10.1 Å². The van der Waals surface area contributed by atoms with Crippen LogP contribution in [-0.2, 0) is 0 Å². The number of hydrogen-bond acceptors (Lipinski definition) is 4. The first-order chi connectivity index (χ1) is 11.2. The first kappa shape index (κ1) is 14.8. The zero-order valence-corrected chi connectivity index (χ0v) is 12.5. The van der Waals surface area contributed by atoms with Gasteiger partial charge in [-0.2, -0.15) is 0 Å². The lowest BCUT2D eigenvalue weighted by Crippen LogP contribution is -2.13. The molecule has 0 bridgehead atoms. The standard InChI is InChI=1S/C18H15NO4/c1-22-16-7-2-13(3-8-16)4-9-17-10-5-14-12-15(19(20)21)6-11-18(14)23-17/h2-12,17H,1H3/b9-4+/t17-/m0/s1. The highest BCUT2D eigenvalue weighted by Gasteiger charge is 2.15. The fourth-order valence-electron chi connectivity index (χ4n) is 2.30. The van der Waals surface area contributed by atoms with Gasteiger partial charge in [-0.25, -0.2) is 0 Å². The summed E-state index contributed by atoms with van der Waals surface area (Å²) in [4.78, 5) is 10.4. The number of fused-ring (bicyclic) bond motifs is 1. The molecule has 23 heavy (non-hydrogen) atoms. The smallest absolute Gasteiger partial charge is 0.270 e. The molecule has 0 radical (unpaired) electrons. The largest absolute Gasteiger partial charge is 0.497 e. The van der Waals surface area contributed by atoms with Gasteiger partial charge < -0.3 is 9.47 Å². The van der Waals surface area contributed by atoms with Crippen molar-refractivity contribution in [1.82, 2.24) is 0 Å². The van der Waals surface area contributed by atoms with Gasteiger partial charge in [-0.05, 0) is 35.9 Å². The Labute approximate surface area is 133 Å². The van der Waals surface area contributed by atoms with E-state index in [0.29, 0.717) is 11.3 Å². The van der Waals surface area contributed by atoms with Crippen molar-refractivity contribution < 1.29 is 14.4 Å². The summed E-state index contributed by atoms with van der Waals surface area (Å²) in [7, 11) is 1.63. The van der Waals surface area contributed by atoms with Crippen LogP contribution >= 0.6 is 0 Å². The van der Waals surface area contributed by atoms with Crippen LogP contribution in [0.15, 0.2) is 54.6 Å². The lowest BCUT2D eigenvalue weighted by atomic mass is 10.1. The van der Waals surface area contributed by atoms with Crippen molar-refractivity contribution in [2.45, 2.75) is 6.10 Å². The third kappa shape index (κ3) is 3.40. The molecule has 2 aromatic carbocycles. The van der Waals surface area contributed by atoms with Crippen molar-refractivity contribution in [2.24, 2.45) is 0 Å². The quantitative estimate of drug-likeness (QED) is 0.630. The predicted octanol–water partition coefficient (Wildman–Crippen LogP) is 4.09. The number of nitrogens with zero attached hydrogens (tertiary/aromatic N) is 1. The number of hydrogen-bond donors (Lipinski definition) is 0. The van der Waals surface area contributed by atoms with Crippen molar-refractivity contribution in [3.8, 4) is 11.5 Å². The van der Waals surface area contributed by atoms with Crippen molar-refractivity contribution in [2.75, 3.05) is 7.11 Å². The summed E-state index contributed by atoms with van der Waals surface area (Å²) in [6.07, 6.45) is 7.40. The van der Waals surface area contributed by atoms with E-state index < -0.39 is 4.92 Å². The summed E-state index contributed by atoms with van der Waals surface area (Å²) >= 11 is 0. The van der Waals surface area contributed by atoms with Gasteiger partial charge in [-0.1, -0.05) is 24.3 Å². The Morgan fingerprint density at radius 3 is 2.70 bits per heavy atom. The van der Waals surface area contributed by atoms with Crippen LogP contribution in [0.25, 0.3) is 12.2 Å². The summed E-state index contributed by atoms with van der Waals surface area (Å²) in [5, 5.41) is 10.8. The average molecular weight is 309 g/mol. The van der Waals surface area contributed by atoms with Crippen molar-refractivity contribution >= 4 is 17.8 Å². The molecule has 0 N–H and O–H groups in total. The summed E-state index contributed by atoms with van der Waals surface area (Å²) in [6, 6.07) is 12.3.